The zero-order valence-electron chi connectivity index (χ0n) is 18.3. The molecular formula is C21H33N3O4S. The molecule has 0 saturated carbocycles. The van der Waals surface area contributed by atoms with Gasteiger partial charge in [-0.1, -0.05) is 24.3 Å². The van der Waals surface area contributed by atoms with Crippen LogP contribution in [-0.2, 0) is 14.3 Å². The molecule has 1 rings (SSSR count). The molecule has 0 heterocycles. The van der Waals surface area contributed by atoms with Crippen LogP contribution in [0.2, 0.25) is 0 Å². The smallest absolute Gasteiger partial charge is 0.408 e. The number of amides is 3. The Bertz CT molecular complexity index is 731. The first-order chi connectivity index (χ1) is 13.4. The van der Waals surface area contributed by atoms with Crippen LogP contribution in [0.5, 0.6) is 0 Å². The standard InChI is InChI=1S/C21H33N3O4S/c1-13(2)22-18(25)17(15-11-9-8-10-14(15)3)24(7)19(26)16(12-29)23-20(27)28-21(4,5)6/h8-11,13,16-17,29H,12H2,1-7H3,(H,22,25)(H,23,27). The second-order valence-corrected chi connectivity index (χ2v) is 8.62. The lowest BCUT2D eigenvalue weighted by Crippen LogP contribution is -2.53. The summed E-state index contributed by atoms with van der Waals surface area (Å²) in [5, 5.41) is 5.41. The molecule has 0 aliphatic rings. The Hall–Kier alpha value is -2.22. The van der Waals surface area contributed by atoms with Crippen molar-refractivity contribution >= 4 is 30.5 Å². The number of thiol groups is 1. The van der Waals surface area contributed by atoms with Gasteiger partial charge < -0.3 is 20.3 Å². The number of carbonyl (C=O) groups is 3. The summed E-state index contributed by atoms with van der Waals surface area (Å²) in [6, 6.07) is 5.55. The van der Waals surface area contributed by atoms with Gasteiger partial charge in [-0.05, 0) is 52.7 Å². The van der Waals surface area contributed by atoms with E-state index >= 15 is 0 Å². The number of aryl methyl sites for hydroxylation is 1. The fourth-order valence-electron chi connectivity index (χ4n) is 2.79. The molecule has 0 spiro atoms. The van der Waals surface area contributed by atoms with Crippen molar-refractivity contribution in [2.75, 3.05) is 12.8 Å². The molecule has 0 aliphatic heterocycles. The number of nitrogens with zero attached hydrogens (tertiary/aromatic N) is 1. The molecular weight excluding hydrogens is 390 g/mol. The van der Waals surface area contributed by atoms with E-state index in [-0.39, 0.29) is 17.7 Å². The first-order valence-electron chi connectivity index (χ1n) is 9.60. The molecule has 0 radical (unpaired) electrons. The predicted molar refractivity (Wildman–Crippen MR) is 117 cm³/mol. The number of ether oxygens (including phenoxy) is 1. The topological polar surface area (TPSA) is 87.7 Å². The van der Waals surface area contributed by atoms with Gasteiger partial charge in [-0.25, -0.2) is 4.79 Å². The van der Waals surface area contributed by atoms with E-state index in [0.717, 1.165) is 11.1 Å². The molecule has 2 atom stereocenters. The van der Waals surface area contributed by atoms with Gasteiger partial charge in [0.1, 0.15) is 17.7 Å². The Morgan fingerprint density at radius 3 is 2.21 bits per heavy atom. The van der Waals surface area contributed by atoms with Gasteiger partial charge in [0, 0.05) is 18.8 Å². The van der Waals surface area contributed by atoms with E-state index < -0.39 is 29.7 Å². The van der Waals surface area contributed by atoms with Gasteiger partial charge in [-0.15, -0.1) is 0 Å². The number of rotatable bonds is 7. The van der Waals surface area contributed by atoms with Gasteiger partial charge in [-0.2, -0.15) is 12.6 Å². The highest BCUT2D eigenvalue weighted by atomic mass is 32.1. The zero-order valence-corrected chi connectivity index (χ0v) is 19.2. The zero-order chi connectivity index (χ0) is 22.4. The monoisotopic (exact) mass is 423 g/mol. The number of carbonyl (C=O) groups excluding carboxylic acids is 3. The minimum absolute atomic E-state index is 0.0642. The van der Waals surface area contributed by atoms with E-state index in [1.54, 1.807) is 27.8 Å². The third-order valence-electron chi connectivity index (χ3n) is 4.07. The summed E-state index contributed by atoms with van der Waals surface area (Å²) in [5.41, 5.74) is 0.913. The Morgan fingerprint density at radius 2 is 1.72 bits per heavy atom. The molecule has 29 heavy (non-hydrogen) atoms. The largest absolute Gasteiger partial charge is 0.444 e. The molecule has 0 aromatic heterocycles. The molecule has 0 aliphatic carbocycles. The Labute approximate surface area is 179 Å². The van der Waals surface area contributed by atoms with Crippen molar-refractivity contribution in [1.29, 1.82) is 0 Å². The van der Waals surface area contributed by atoms with Crippen LogP contribution in [0, 0.1) is 6.92 Å². The van der Waals surface area contributed by atoms with Crippen LogP contribution in [0.3, 0.4) is 0 Å². The summed E-state index contributed by atoms with van der Waals surface area (Å²) < 4.78 is 5.23. The van der Waals surface area contributed by atoms with Crippen molar-refractivity contribution in [3.05, 3.63) is 35.4 Å². The Balaban J connectivity index is 3.14. The summed E-state index contributed by atoms with van der Waals surface area (Å²) in [6.45, 7) is 10.8. The molecule has 1 aromatic rings. The van der Waals surface area contributed by atoms with Gasteiger partial charge in [-0.3, -0.25) is 9.59 Å². The normalized spacial score (nSPS) is 13.4. The first-order valence-corrected chi connectivity index (χ1v) is 10.2. The Morgan fingerprint density at radius 1 is 1.14 bits per heavy atom. The SMILES string of the molecule is Cc1ccccc1C(C(=O)NC(C)C)N(C)C(=O)C(CS)NC(=O)OC(C)(C)C. The van der Waals surface area contributed by atoms with Crippen LogP contribution in [0.25, 0.3) is 0 Å². The third kappa shape index (κ3) is 7.61. The lowest BCUT2D eigenvalue weighted by atomic mass is 9.98. The van der Waals surface area contributed by atoms with E-state index in [9.17, 15) is 14.4 Å². The van der Waals surface area contributed by atoms with Crippen molar-refractivity contribution < 1.29 is 19.1 Å². The number of nitrogens with one attached hydrogen (secondary N) is 2. The second kappa shape index (κ2) is 10.5. The molecule has 2 N–H and O–H groups in total. The molecule has 2 unspecified atom stereocenters. The van der Waals surface area contributed by atoms with E-state index in [1.165, 1.54) is 4.90 Å². The van der Waals surface area contributed by atoms with Crippen molar-refractivity contribution in [2.24, 2.45) is 0 Å². The third-order valence-corrected chi connectivity index (χ3v) is 4.43. The first kappa shape index (κ1) is 24.8. The number of hydrogen-bond acceptors (Lipinski definition) is 5. The van der Waals surface area contributed by atoms with Gasteiger partial charge in [0.2, 0.25) is 11.8 Å². The van der Waals surface area contributed by atoms with Crippen molar-refractivity contribution in [3.8, 4) is 0 Å². The minimum atomic E-state index is -0.934. The van der Waals surface area contributed by atoms with Gasteiger partial charge in [0.05, 0.1) is 0 Å². The highest BCUT2D eigenvalue weighted by Crippen LogP contribution is 2.24. The van der Waals surface area contributed by atoms with Crippen LogP contribution >= 0.6 is 12.6 Å². The highest BCUT2D eigenvalue weighted by molar-refractivity contribution is 7.80. The summed E-state index contributed by atoms with van der Waals surface area (Å²) in [4.78, 5) is 39.5. The number of benzene rings is 1. The maximum absolute atomic E-state index is 13.1. The molecule has 7 nitrogen and oxygen atoms in total. The second-order valence-electron chi connectivity index (χ2n) is 8.25. The van der Waals surface area contributed by atoms with Gasteiger partial charge in [0.15, 0.2) is 0 Å². The highest BCUT2D eigenvalue weighted by Gasteiger charge is 2.34. The van der Waals surface area contributed by atoms with Crippen LogP contribution in [0.1, 0.15) is 51.8 Å². The van der Waals surface area contributed by atoms with E-state index in [4.69, 9.17) is 4.74 Å². The maximum atomic E-state index is 13.1. The van der Waals surface area contributed by atoms with Crippen LogP contribution in [0.15, 0.2) is 24.3 Å². The predicted octanol–water partition coefficient (Wildman–Crippen LogP) is 2.84. The van der Waals surface area contributed by atoms with E-state index in [0.29, 0.717) is 0 Å². The van der Waals surface area contributed by atoms with Crippen LogP contribution in [-0.4, -0.2) is 53.3 Å². The van der Waals surface area contributed by atoms with Gasteiger partial charge >= 0.3 is 6.09 Å². The molecule has 3 amide bonds. The number of alkyl carbamates (subject to hydrolysis) is 1. The average molecular weight is 424 g/mol. The van der Waals surface area contributed by atoms with Crippen LogP contribution < -0.4 is 10.6 Å². The fourth-order valence-corrected chi connectivity index (χ4v) is 3.04. The molecule has 162 valence electrons. The minimum Gasteiger partial charge on any atom is -0.444 e. The summed E-state index contributed by atoms with van der Waals surface area (Å²) in [5.74, 6) is -0.660. The summed E-state index contributed by atoms with van der Waals surface area (Å²) in [6.07, 6.45) is -0.711. The Kier molecular flexibility index (Phi) is 9.01. The van der Waals surface area contributed by atoms with Crippen molar-refractivity contribution in [2.45, 2.75) is 65.3 Å². The summed E-state index contributed by atoms with van der Waals surface area (Å²) >= 11 is 4.20. The molecule has 0 saturated heterocycles. The number of hydrogen-bond donors (Lipinski definition) is 3. The molecule has 8 heteroatoms. The number of likely N-dealkylation sites (N-methyl/N-ethyl adjacent to an activating group) is 1. The lowest BCUT2D eigenvalue weighted by Gasteiger charge is -2.32. The summed E-state index contributed by atoms with van der Waals surface area (Å²) in [7, 11) is 1.55. The quantitative estimate of drug-likeness (QED) is 0.589. The fraction of sp³-hybridized carbons (Fsp3) is 0.571. The van der Waals surface area contributed by atoms with E-state index in [2.05, 4.69) is 23.3 Å². The maximum Gasteiger partial charge on any atom is 0.408 e. The average Bonchev–Trinajstić information content (AvgIpc) is 2.58. The van der Waals surface area contributed by atoms with Crippen molar-refractivity contribution in [1.82, 2.24) is 15.5 Å². The lowest BCUT2D eigenvalue weighted by molar-refractivity contribution is -0.140. The van der Waals surface area contributed by atoms with Gasteiger partial charge in [0.25, 0.3) is 0 Å². The van der Waals surface area contributed by atoms with Crippen LogP contribution in [0.4, 0.5) is 4.79 Å². The van der Waals surface area contributed by atoms with E-state index in [1.807, 2.05) is 45.0 Å². The van der Waals surface area contributed by atoms with Crippen molar-refractivity contribution in [3.63, 3.8) is 0 Å². The molecule has 0 fully saturated rings. The molecule has 1 aromatic carbocycles. The molecule has 0 bridgehead atoms.